The second kappa shape index (κ2) is 9.30. The van der Waals surface area contributed by atoms with Crippen LogP contribution >= 0.6 is 35.6 Å². The summed E-state index contributed by atoms with van der Waals surface area (Å²) in [6.07, 6.45) is 5.04. The Morgan fingerprint density at radius 3 is 2.67 bits per heavy atom. The molecule has 0 radical (unpaired) electrons. The third-order valence-corrected chi connectivity index (χ3v) is 5.41. The van der Waals surface area contributed by atoms with Gasteiger partial charge in [-0.3, -0.25) is 0 Å². The Kier molecular flexibility index (Phi) is 6.82. The smallest absolute Gasteiger partial charge is 0.220 e. The zero-order valence-corrected chi connectivity index (χ0v) is 16.4. The molecule has 0 saturated carbocycles. The molecular formula is C19H15ClF2N2OS2. The number of hydrogen-bond acceptors (Lipinski definition) is 4. The van der Waals surface area contributed by atoms with Crippen LogP contribution in [0.3, 0.4) is 0 Å². The van der Waals surface area contributed by atoms with E-state index in [0.717, 1.165) is 11.6 Å². The Labute approximate surface area is 170 Å². The van der Waals surface area contributed by atoms with Gasteiger partial charge in [-0.05, 0) is 36.0 Å². The number of hydrogen-bond donors (Lipinski definition) is 0. The molecule has 3 aromatic rings. The van der Waals surface area contributed by atoms with Gasteiger partial charge < -0.3 is 9.30 Å². The van der Waals surface area contributed by atoms with E-state index in [2.05, 4.69) is 4.98 Å². The maximum atomic E-state index is 14.3. The molecule has 0 bridgehead atoms. The molecule has 0 N–H and O–H groups in total. The normalized spacial score (nSPS) is 12.0. The lowest BCUT2D eigenvalue weighted by atomic mass is 10.1. The van der Waals surface area contributed by atoms with Crippen molar-refractivity contribution in [3.63, 3.8) is 0 Å². The van der Waals surface area contributed by atoms with Crippen LogP contribution in [0.25, 0.3) is 0 Å². The van der Waals surface area contributed by atoms with Gasteiger partial charge in [-0.2, -0.15) is 0 Å². The minimum absolute atomic E-state index is 0.277. The molecule has 0 spiro atoms. The molecule has 1 aromatic heterocycles. The molecule has 0 aliphatic rings. The van der Waals surface area contributed by atoms with Gasteiger partial charge in [-0.25, -0.2) is 13.8 Å². The van der Waals surface area contributed by atoms with Gasteiger partial charge in [0.15, 0.2) is 0 Å². The maximum absolute atomic E-state index is 14.3. The lowest BCUT2D eigenvalue weighted by molar-refractivity contribution is 0.310. The van der Waals surface area contributed by atoms with Crippen LogP contribution in [0.15, 0.2) is 61.2 Å². The van der Waals surface area contributed by atoms with Gasteiger partial charge in [0.05, 0.1) is 11.6 Å². The molecule has 27 heavy (non-hydrogen) atoms. The highest BCUT2D eigenvalue weighted by atomic mass is 35.5. The van der Waals surface area contributed by atoms with Crippen molar-refractivity contribution in [1.82, 2.24) is 9.55 Å². The van der Waals surface area contributed by atoms with Gasteiger partial charge in [-0.15, -0.1) is 0 Å². The first kappa shape index (κ1) is 19.8. The number of thioether (sulfide) groups is 1. The molecular weight excluding hydrogens is 410 g/mol. The van der Waals surface area contributed by atoms with Gasteiger partial charge >= 0.3 is 0 Å². The first-order chi connectivity index (χ1) is 13.0. The molecule has 1 unspecified atom stereocenters. The fraction of sp³-hybridized carbons (Fsp3) is 0.158. The van der Waals surface area contributed by atoms with Crippen molar-refractivity contribution >= 4 is 40.0 Å². The average Bonchev–Trinajstić information content (AvgIpc) is 3.14. The van der Waals surface area contributed by atoms with Crippen LogP contribution in [0.1, 0.15) is 16.4 Å². The highest BCUT2D eigenvalue weighted by Gasteiger charge is 2.20. The van der Waals surface area contributed by atoms with Gasteiger partial charge in [-0.1, -0.05) is 41.6 Å². The lowest BCUT2D eigenvalue weighted by Crippen LogP contribution is -2.10. The summed E-state index contributed by atoms with van der Waals surface area (Å²) in [7, 11) is 0. The minimum atomic E-state index is -0.621. The Balaban J connectivity index is 1.70. The highest BCUT2D eigenvalue weighted by molar-refractivity contribution is 8.22. The van der Waals surface area contributed by atoms with E-state index in [9.17, 15) is 8.78 Å². The minimum Gasteiger partial charge on any atom is -0.474 e. The van der Waals surface area contributed by atoms with E-state index in [0.29, 0.717) is 17.1 Å². The fourth-order valence-corrected chi connectivity index (χ4v) is 3.88. The van der Waals surface area contributed by atoms with Gasteiger partial charge in [0.2, 0.25) is 4.38 Å². The van der Waals surface area contributed by atoms with Crippen LogP contribution in [0, 0.1) is 11.6 Å². The molecule has 2 aromatic carbocycles. The molecule has 0 aliphatic heterocycles. The predicted molar refractivity (Wildman–Crippen MR) is 108 cm³/mol. The van der Waals surface area contributed by atoms with Crippen molar-refractivity contribution in [3.05, 3.63) is 89.0 Å². The van der Waals surface area contributed by atoms with E-state index in [1.807, 2.05) is 16.7 Å². The summed E-state index contributed by atoms with van der Waals surface area (Å²) >= 11 is 12.4. The van der Waals surface area contributed by atoms with E-state index >= 15 is 0 Å². The number of rotatable bonds is 6. The first-order valence-corrected chi connectivity index (χ1v) is 9.66. The summed E-state index contributed by atoms with van der Waals surface area (Å²) in [4.78, 5) is 3.99. The van der Waals surface area contributed by atoms with Gasteiger partial charge in [0, 0.05) is 35.6 Å². The van der Waals surface area contributed by atoms with Gasteiger partial charge in [0.1, 0.15) is 18.2 Å². The molecule has 3 rings (SSSR count). The zero-order valence-electron chi connectivity index (χ0n) is 14.0. The van der Waals surface area contributed by atoms with E-state index in [1.165, 1.54) is 23.9 Å². The zero-order chi connectivity index (χ0) is 19.2. The summed E-state index contributed by atoms with van der Waals surface area (Å²) in [5.74, 6) is -1.24. The fourth-order valence-electron chi connectivity index (χ4n) is 2.42. The largest absolute Gasteiger partial charge is 0.474 e. The topological polar surface area (TPSA) is 27.1 Å². The van der Waals surface area contributed by atoms with Crippen LogP contribution in [0.5, 0.6) is 0 Å². The van der Waals surface area contributed by atoms with E-state index in [4.69, 9.17) is 28.6 Å². The molecule has 0 aliphatic carbocycles. The van der Waals surface area contributed by atoms with Crippen LogP contribution in [0.2, 0.25) is 5.02 Å². The quantitative estimate of drug-likeness (QED) is 0.468. The molecule has 140 valence electrons. The number of benzene rings is 2. The predicted octanol–water partition coefficient (Wildman–Crippen LogP) is 5.79. The van der Waals surface area contributed by atoms with Crippen molar-refractivity contribution in [2.24, 2.45) is 0 Å². The summed E-state index contributed by atoms with van der Waals surface area (Å²) < 4.78 is 35.3. The van der Waals surface area contributed by atoms with Gasteiger partial charge in [0.25, 0.3) is 0 Å². The maximum Gasteiger partial charge on any atom is 0.220 e. The molecule has 3 nitrogen and oxygen atoms in total. The number of halogens is 3. The van der Waals surface area contributed by atoms with E-state index in [-0.39, 0.29) is 11.0 Å². The molecule has 8 heteroatoms. The van der Waals surface area contributed by atoms with E-state index in [1.54, 1.807) is 30.9 Å². The number of ether oxygens (including phenoxy) is 1. The van der Waals surface area contributed by atoms with Crippen LogP contribution in [-0.4, -0.2) is 13.9 Å². The van der Waals surface area contributed by atoms with E-state index < -0.39 is 16.9 Å². The SMILES string of the molecule is Fc1ccc(C(Cn2ccnc2)SC(=S)OCc2ccc(Cl)cc2)c(F)c1. The highest BCUT2D eigenvalue weighted by Crippen LogP contribution is 2.34. The third-order valence-electron chi connectivity index (χ3n) is 3.75. The standard InChI is InChI=1S/C19H15ClF2N2OS2/c20-14-3-1-13(2-4-14)11-25-19(26)27-18(10-24-8-7-23-12-24)16-6-5-15(21)9-17(16)22/h1-9,12,18H,10-11H2. The van der Waals surface area contributed by atoms with Crippen LogP contribution in [-0.2, 0) is 17.9 Å². The van der Waals surface area contributed by atoms with Crippen molar-refractivity contribution in [2.75, 3.05) is 0 Å². The number of imidazole rings is 1. The average molecular weight is 425 g/mol. The first-order valence-electron chi connectivity index (χ1n) is 8.00. The third kappa shape index (κ3) is 5.76. The Morgan fingerprint density at radius 2 is 2.00 bits per heavy atom. The van der Waals surface area contributed by atoms with Crippen LogP contribution < -0.4 is 0 Å². The molecule has 0 amide bonds. The Morgan fingerprint density at radius 1 is 1.22 bits per heavy atom. The van der Waals surface area contributed by atoms with Crippen molar-refractivity contribution in [1.29, 1.82) is 0 Å². The van der Waals surface area contributed by atoms with Crippen molar-refractivity contribution in [3.8, 4) is 0 Å². The monoisotopic (exact) mass is 424 g/mol. The Hall–Kier alpha value is -1.96. The molecule has 1 heterocycles. The van der Waals surface area contributed by atoms with Crippen molar-refractivity contribution in [2.45, 2.75) is 18.4 Å². The summed E-state index contributed by atoms with van der Waals surface area (Å²) in [6.45, 7) is 0.699. The number of nitrogens with zero attached hydrogens (tertiary/aromatic N) is 2. The summed E-state index contributed by atoms with van der Waals surface area (Å²) in [5, 5.41) is 0.250. The molecule has 0 fully saturated rings. The number of thiocarbonyl (C=S) groups is 1. The summed E-state index contributed by atoms with van der Waals surface area (Å²) in [6, 6.07) is 10.8. The molecule has 1 atom stereocenters. The second-order valence-electron chi connectivity index (χ2n) is 5.70. The second-order valence-corrected chi connectivity index (χ2v) is 7.94. The molecule has 0 saturated heterocycles. The lowest BCUT2D eigenvalue weighted by Gasteiger charge is -2.19. The number of aromatic nitrogens is 2. The van der Waals surface area contributed by atoms with Crippen LogP contribution in [0.4, 0.5) is 8.78 Å². The Bertz CT molecular complexity index is 905. The summed E-state index contributed by atoms with van der Waals surface area (Å²) in [5.41, 5.74) is 1.27. The van der Waals surface area contributed by atoms with Crippen molar-refractivity contribution < 1.29 is 13.5 Å².